The lowest BCUT2D eigenvalue weighted by molar-refractivity contribution is -0.130. The van der Waals surface area contributed by atoms with Crippen LogP contribution in [0.25, 0.3) is 5.57 Å². The number of fused-ring (bicyclic) bond motifs is 4. The van der Waals surface area contributed by atoms with Crippen molar-refractivity contribution in [2.24, 2.45) is 5.92 Å². The highest BCUT2D eigenvalue weighted by molar-refractivity contribution is 6.76. The van der Waals surface area contributed by atoms with Crippen molar-refractivity contribution in [1.29, 1.82) is 0 Å². The Morgan fingerprint density at radius 2 is 1.18 bits per heavy atom. The number of carbonyl (C=O) groups is 7. The van der Waals surface area contributed by atoms with Crippen molar-refractivity contribution < 1.29 is 67.1 Å². The summed E-state index contributed by atoms with van der Waals surface area (Å²) < 4.78 is 36.8. The van der Waals surface area contributed by atoms with Gasteiger partial charge in [-0.15, -0.1) is 0 Å². The van der Waals surface area contributed by atoms with Gasteiger partial charge in [0.2, 0.25) is 11.8 Å². The Hall–Kier alpha value is -7.72. The van der Waals surface area contributed by atoms with E-state index in [1.165, 1.54) is 30.9 Å². The number of ether oxygens (including phenoxy) is 6. The maximum absolute atomic E-state index is 14.8. The normalized spacial score (nSPS) is 18.6. The van der Waals surface area contributed by atoms with Crippen molar-refractivity contribution >= 4 is 80.3 Å². The third kappa shape index (κ3) is 16.8. The highest BCUT2D eigenvalue weighted by Crippen LogP contribution is 2.44. The van der Waals surface area contributed by atoms with E-state index >= 15 is 0 Å². The van der Waals surface area contributed by atoms with Crippen LogP contribution in [0, 0.1) is 5.92 Å². The Labute approximate surface area is 524 Å². The summed E-state index contributed by atoms with van der Waals surface area (Å²) in [5, 5.41) is 16.6. The molecule has 4 N–H and O–H groups in total. The van der Waals surface area contributed by atoms with Gasteiger partial charge in [0, 0.05) is 112 Å². The molecule has 8 rings (SSSR count). The van der Waals surface area contributed by atoms with E-state index in [0.29, 0.717) is 48.8 Å². The molecule has 0 spiro atoms. The summed E-state index contributed by atoms with van der Waals surface area (Å²) in [4.78, 5) is 106. The highest BCUT2D eigenvalue weighted by Gasteiger charge is 2.45. The third-order valence-corrected chi connectivity index (χ3v) is 19.7. The molecule has 0 aliphatic carbocycles. The number of rotatable bonds is 28. The zero-order valence-corrected chi connectivity index (χ0v) is 55.6. The van der Waals surface area contributed by atoms with Gasteiger partial charge in [-0.1, -0.05) is 77.4 Å². The minimum Gasteiger partial charge on any atom is -0.493 e. The quantitative estimate of drug-likeness (QED) is 0.0407. The molecule has 3 aromatic carbocycles. The molecule has 4 atom stereocenters. The fourth-order valence-electron chi connectivity index (χ4n) is 11.0. The van der Waals surface area contributed by atoms with Crippen molar-refractivity contribution in [3.63, 3.8) is 0 Å². The van der Waals surface area contributed by atoms with Crippen molar-refractivity contribution in [2.45, 2.75) is 116 Å². The number of piperazine rings is 1. The first-order chi connectivity index (χ1) is 42.2. The monoisotopic (exact) mass is 1260 g/mol. The summed E-state index contributed by atoms with van der Waals surface area (Å²) in [7, 11) is 2.08. The average Bonchev–Trinajstić information content (AvgIpc) is 1.67. The van der Waals surface area contributed by atoms with Gasteiger partial charge >= 0.3 is 6.09 Å². The van der Waals surface area contributed by atoms with Gasteiger partial charge in [-0.2, -0.15) is 0 Å². The predicted molar refractivity (Wildman–Crippen MR) is 345 cm³/mol. The molecule has 5 heterocycles. The Balaban J connectivity index is 0.960. The molecule has 0 bridgehead atoms. The number of hydrogen-bond donors (Lipinski definition) is 4. The number of amides is 7. The van der Waals surface area contributed by atoms with E-state index in [4.69, 9.17) is 33.5 Å². The maximum atomic E-state index is 14.8. The fraction of sp³-hybridized carbons (Fsp3) is 0.516. The number of nitrogens with one attached hydrogen (secondary N) is 3. The first-order valence-electron chi connectivity index (χ1n) is 30.6. The van der Waals surface area contributed by atoms with Gasteiger partial charge in [-0.05, 0) is 73.0 Å². The number of nitrogens with zero attached hydrogens (tertiary/aromatic N) is 6. The van der Waals surface area contributed by atoms with Crippen LogP contribution in [-0.4, -0.2) is 196 Å². The summed E-state index contributed by atoms with van der Waals surface area (Å²) in [6.07, 6.45) is 6.30. The number of hydrogen-bond acceptors (Lipinski definition) is 15. The van der Waals surface area contributed by atoms with Crippen molar-refractivity contribution in [2.75, 3.05) is 109 Å². The van der Waals surface area contributed by atoms with Gasteiger partial charge < -0.3 is 69.1 Å². The molecule has 482 valence electrons. The summed E-state index contributed by atoms with van der Waals surface area (Å²) in [5.41, 5.74) is 4.73. The molecule has 23 nitrogen and oxygen atoms in total. The van der Waals surface area contributed by atoms with Crippen LogP contribution in [-0.2, 0) is 28.7 Å². The maximum Gasteiger partial charge on any atom is 0.405 e. The third-order valence-electron chi connectivity index (χ3n) is 16.3. The van der Waals surface area contributed by atoms with Crippen molar-refractivity contribution in [3.05, 3.63) is 95.3 Å². The molecule has 1 saturated heterocycles. The van der Waals surface area contributed by atoms with Gasteiger partial charge in [0.15, 0.2) is 23.0 Å². The summed E-state index contributed by atoms with van der Waals surface area (Å²) in [6.45, 7) is 23.2. The molecule has 7 amide bonds. The van der Waals surface area contributed by atoms with Crippen LogP contribution in [0.15, 0.2) is 78.7 Å². The van der Waals surface area contributed by atoms with Gasteiger partial charge in [0.05, 0.1) is 49.9 Å². The number of benzene rings is 3. The lowest BCUT2D eigenvalue weighted by Gasteiger charge is -2.34. The Morgan fingerprint density at radius 1 is 0.663 bits per heavy atom. The van der Waals surface area contributed by atoms with Crippen LogP contribution in [0.4, 0.5) is 21.9 Å². The molecule has 3 aromatic rings. The summed E-state index contributed by atoms with van der Waals surface area (Å²) in [6, 6.07) is 12.8. The van der Waals surface area contributed by atoms with Crippen molar-refractivity contribution in [1.82, 2.24) is 30.7 Å². The van der Waals surface area contributed by atoms with Crippen LogP contribution in [0.2, 0.25) is 51.4 Å². The molecule has 0 radical (unpaired) electrons. The van der Waals surface area contributed by atoms with Gasteiger partial charge in [0.25, 0.3) is 23.6 Å². The molecule has 0 unspecified atom stereocenters. The van der Waals surface area contributed by atoms with E-state index in [9.17, 15) is 33.6 Å². The van der Waals surface area contributed by atoms with Crippen LogP contribution in [0.5, 0.6) is 23.0 Å². The number of methoxy groups -OCH3 is 2. The molecule has 5 aliphatic heterocycles. The number of likely N-dealkylation sites (N-methyl/N-ethyl adjacent to an activating group) is 1. The average molecular weight is 1260 g/mol. The molecule has 25 heteroatoms. The van der Waals surface area contributed by atoms with Crippen LogP contribution < -0.4 is 49.6 Å². The second-order valence-electron chi connectivity index (χ2n) is 25.9. The van der Waals surface area contributed by atoms with Gasteiger partial charge in [-0.25, -0.2) is 4.79 Å². The lowest BCUT2D eigenvalue weighted by atomic mass is 10.0. The zero-order chi connectivity index (χ0) is 64.5. The van der Waals surface area contributed by atoms with E-state index in [1.54, 1.807) is 72.5 Å². The van der Waals surface area contributed by atoms with E-state index in [0.717, 1.165) is 55.1 Å². The van der Waals surface area contributed by atoms with Crippen LogP contribution >= 0.6 is 0 Å². The Morgan fingerprint density at radius 3 is 1.67 bits per heavy atom. The number of carbonyl (C=O) groups excluding carboxylic acids is 6. The molecular weight excluding hydrogens is 1170 g/mol. The smallest absolute Gasteiger partial charge is 0.405 e. The lowest BCUT2D eigenvalue weighted by Crippen LogP contribution is -2.54. The molecule has 5 aliphatic rings. The second-order valence-corrected chi connectivity index (χ2v) is 37.2. The molecule has 0 saturated carbocycles. The van der Waals surface area contributed by atoms with Crippen LogP contribution in [0.1, 0.15) is 66.3 Å². The van der Waals surface area contributed by atoms with E-state index in [-0.39, 0.29) is 91.6 Å². The molecule has 89 heavy (non-hydrogen) atoms. The first kappa shape index (κ1) is 67.2. The fourth-order valence-corrected chi connectivity index (χ4v) is 12.5. The summed E-state index contributed by atoms with van der Waals surface area (Å²) in [5.74, 6) is -1.79. The zero-order valence-electron chi connectivity index (χ0n) is 53.6. The number of allylic oxidation sites excluding steroid dienone is 1. The van der Waals surface area contributed by atoms with E-state index < -0.39 is 64.1 Å². The molecular formula is C64H89N9O14Si2. The van der Waals surface area contributed by atoms with Crippen LogP contribution in [0.3, 0.4) is 0 Å². The number of anilines is 3. The molecule has 1 fully saturated rings. The van der Waals surface area contributed by atoms with Gasteiger partial charge in [-0.3, -0.25) is 38.6 Å². The van der Waals surface area contributed by atoms with E-state index in [1.807, 2.05) is 0 Å². The minimum atomic E-state index is -1.52. The Kier molecular flexibility index (Phi) is 22.1. The van der Waals surface area contributed by atoms with E-state index in [2.05, 4.69) is 96.3 Å². The SMILES string of the molecule is COc1cc2c(cc1OCCCOc1cc3c(cc1OC)C(=O)N1C=C(c4ccc(N5CCN(C)CC5)cc4)C[C@H]1C(=O)N3COCC[Si](C)(C)C)N(COCC[Si](C)(C)C)C(=O)[C@@H]1CC(/C=C/CNC(=O)[C@H](C)NC(=O)[C@@H](NC(=O)O)C(C)C)=CN1C2=O. The standard InChI is InChI=1S/C64H89N9O14Si2/c1-41(2)57(67-64(80)81)59(75)66-42(3)58(74)65-20-13-15-43-31-51-62(78)72(39-84-27-29-88(7,8)9)49-35-55(53(82-5)33-47(49)60(76)70(51)37-43)86-25-14-26-87-56-36-50-48(34-54(56)83-6)61(77)71-38-45(32-52(71)63(79)73(50)40-85-28-30-89(10,11)12)44-16-18-46(19-17-44)69-23-21-68(4)22-24-69/h13,15-19,33-38,41-42,51-52,57,67H,14,20-32,39-40H2,1-12H3,(H,65,74)(H,66,75)(H,80,81)/b15-13+/t42-,51-,52-,57-/m0/s1. The first-order valence-corrected chi connectivity index (χ1v) is 38.0. The predicted octanol–water partition coefficient (Wildman–Crippen LogP) is 7.44. The second kappa shape index (κ2) is 29.3. The minimum absolute atomic E-state index is 0.0588. The van der Waals surface area contributed by atoms with Crippen molar-refractivity contribution in [3.8, 4) is 23.0 Å². The largest absolute Gasteiger partial charge is 0.493 e. The Bertz CT molecular complexity index is 3210. The summed E-state index contributed by atoms with van der Waals surface area (Å²) >= 11 is 0. The van der Waals surface area contributed by atoms with Gasteiger partial charge in [0.1, 0.15) is 37.6 Å². The number of carboxylic acid groups (broad SMARTS) is 1. The highest BCUT2D eigenvalue weighted by atomic mass is 28.3. The molecule has 0 aromatic heterocycles. The topological polar surface area (TPSA) is 251 Å².